The van der Waals surface area contributed by atoms with Gasteiger partial charge in [0.15, 0.2) is 0 Å². The summed E-state index contributed by atoms with van der Waals surface area (Å²) in [5.41, 5.74) is 0. The maximum atomic E-state index is 10.8. The van der Waals surface area contributed by atoms with Gasteiger partial charge in [-0.05, 0) is 0 Å². The molecule has 0 aromatic carbocycles. The highest BCUT2D eigenvalue weighted by Crippen LogP contribution is 2.13. The van der Waals surface area contributed by atoms with E-state index in [0.717, 1.165) is 0 Å². The van der Waals surface area contributed by atoms with Crippen molar-refractivity contribution in [2.24, 2.45) is 0 Å². The number of rotatable bonds is 1. The van der Waals surface area contributed by atoms with Crippen LogP contribution in [0.25, 0.3) is 0 Å². The molecule has 4 nitrogen and oxygen atoms in total. The lowest BCUT2D eigenvalue weighted by atomic mass is 10.7. The predicted molar refractivity (Wildman–Crippen MR) is 32.3 cm³/mol. The van der Waals surface area contributed by atoms with Crippen molar-refractivity contribution in [1.82, 2.24) is 9.57 Å². The minimum Gasteiger partial charge on any atom is -0.325 e. The molecule has 1 fully saturated rings. The van der Waals surface area contributed by atoms with E-state index in [1.165, 1.54) is 9.57 Å². The van der Waals surface area contributed by atoms with Crippen LogP contribution in [0.2, 0.25) is 0 Å². The van der Waals surface area contributed by atoms with Crippen molar-refractivity contribution in [3.05, 3.63) is 0 Å². The minimum atomic E-state index is -0.197. The van der Waals surface area contributed by atoms with Crippen LogP contribution in [-0.4, -0.2) is 35.7 Å². The van der Waals surface area contributed by atoms with Gasteiger partial charge in [-0.2, -0.15) is 0 Å². The fourth-order valence-electron chi connectivity index (χ4n) is 0.709. The number of carbonyl (C=O) groups is 1. The fourth-order valence-corrected chi connectivity index (χ4v) is 1.10. The van der Waals surface area contributed by atoms with Crippen molar-refractivity contribution in [3.63, 3.8) is 0 Å². The van der Waals surface area contributed by atoms with Gasteiger partial charge in [0.25, 0.3) is 8.61 Å². The first-order valence-corrected chi connectivity index (χ1v) is 3.38. The van der Waals surface area contributed by atoms with E-state index < -0.39 is 0 Å². The molecule has 9 heavy (non-hydrogen) atoms. The van der Waals surface area contributed by atoms with Crippen molar-refractivity contribution in [2.75, 3.05) is 20.1 Å². The van der Waals surface area contributed by atoms with Crippen molar-refractivity contribution in [2.45, 2.75) is 0 Å². The van der Waals surface area contributed by atoms with E-state index >= 15 is 0 Å². The average molecular weight is 146 g/mol. The zero-order valence-electron chi connectivity index (χ0n) is 5.07. The van der Waals surface area contributed by atoms with E-state index in [1.807, 2.05) is 0 Å². The van der Waals surface area contributed by atoms with Crippen LogP contribution in [0.4, 0.5) is 4.79 Å². The quantitative estimate of drug-likeness (QED) is 0.507. The van der Waals surface area contributed by atoms with Gasteiger partial charge < -0.3 is 4.90 Å². The topological polar surface area (TPSA) is 40.6 Å². The summed E-state index contributed by atoms with van der Waals surface area (Å²) in [4.78, 5) is 12.3. The Hall–Kier alpha value is -0.630. The largest absolute Gasteiger partial charge is 0.329 e. The molecule has 0 aromatic rings. The molecule has 1 rings (SSSR count). The summed E-state index contributed by atoms with van der Waals surface area (Å²) in [7, 11) is 1.49. The van der Waals surface area contributed by atoms with Gasteiger partial charge in [0.2, 0.25) is 0 Å². The molecule has 50 valence electrons. The van der Waals surface area contributed by atoms with Gasteiger partial charge in [0.05, 0.1) is 6.54 Å². The molecule has 2 amide bonds. The Bertz CT molecular complexity index is 150. The Kier molecular flexibility index (Phi) is 1.67. The van der Waals surface area contributed by atoms with Gasteiger partial charge in [-0.3, -0.25) is 0 Å². The molecule has 0 radical (unpaired) electrons. The molecule has 0 bridgehead atoms. The summed E-state index contributed by atoms with van der Waals surface area (Å²) in [6.07, 6.45) is 0. The average Bonchev–Trinajstić information content (AvgIpc) is 2.15. The summed E-state index contributed by atoms with van der Waals surface area (Å²) < 4.78 is 11.4. The Morgan fingerprint density at radius 2 is 2.22 bits per heavy atom. The first-order chi connectivity index (χ1) is 4.25. The molecule has 1 heterocycles. The van der Waals surface area contributed by atoms with Crippen LogP contribution in [0.1, 0.15) is 0 Å². The molecule has 0 spiro atoms. The molecule has 0 saturated carbocycles. The van der Waals surface area contributed by atoms with Gasteiger partial charge >= 0.3 is 6.03 Å². The number of nitrogens with zero attached hydrogens (tertiary/aromatic N) is 2. The normalized spacial score (nSPS) is 19.9. The Morgan fingerprint density at radius 3 is 2.44 bits per heavy atom. The summed E-state index contributed by atoms with van der Waals surface area (Å²) in [6.45, 7) is 1.24. The highest BCUT2D eigenvalue weighted by Gasteiger charge is 2.24. The van der Waals surface area contributed by atoms with E-state index in [0.29, 0.717) is 13.1 Å². The molecule has 0 unspecified atom stereocenters. The van der Waals surface area contributed by atoms with Gasteiger partial charge in [0, 0.05) is 13.6 Å². The predicted octanol–water partition coefficient (Wildman–Crippen LogP) is 0.560. The lowest BCUT2D eigenvalue weighted by molar-refractivity contribution is 0.215. The molecule has 1 aliphatic rings. The molecule has 1 saturated heterocycles. The molecule has 0 aliphatic carbocycles. The van der Waals surface area contributed by atoms with Crippen LogP contribution >= 0.6 is 8.61 Å². The van der Waals surface area contributed by atoms with Crippen LogP contribution in [0, 0.1) is 0 Å². The number of hydrogen-bond acceptors (Lipinski definition) is 2. The number of hydrogen-bond donors (Lipinski definition) is 0. The number of amides is 2. The molecule has 5 heteroatoms. The Balaban J connectivity index is 2.61. The molecular weight excluding hydrogens is 139 g/mol. The second-order valence-electron chi connectivity index (χ2n) is 1.91. The first-order valence-electron chi connectivity index (χ1n) is 2.61. The third-order valence-corrected chi connectivity index (χ3v) is 1.86. The van der Waals surface area contributed by atoms with Crippen molar-refractivity contribution in [1.29, 1.82) is 0 Å². The minimum absolute atomic E-state index is 0.160. The monoisotopic (exact) mass is 146 g/mol. The SMILES string of the molecule is CN1CCN(P=O)C1=O. The van der Waals surface area contributed by atoms with Gasteiger partial charge in [0.1, 0.15) is 0 Å². The van der Waals surface area contributed by atoms with Crippen LogP contribution < -0.4 is 0 Å². The zero-order valence-corrected chi connectivity index (χ0v) is 5.97. The standard InChI is InChI=1S/C4H7N2O2P/c1-5-2-3-6(9-8)4(5)7/h2-3H2,1H3. The van der Waals surface area contributed by atoms with Crippen LogP contribution in [0.3, 0.4) is 0 Å². The smallest absolute Gasteiger partial charge is 0.325 e. The maximum absolute atomic E-state index is 10.8. The van der Waals surface area contributed by atoms with E-state index in [4.69, 9.17) is 0 Å². The molecule has 0 aromatic heterocycles. The second-order valence-corrected chi connectivity index (χ2v) is 2.56. The van der Waals surface area contributed by atoms with E-state index in [9.17, 15) is 9.36 Å². The molecule has 1 aliphatic heterocycles. The van der Waals surface area contributed by atoms with Crippen molar-refractivity contribution < 1.29 is 9.36 Å². The fraction of sp³-hybridized carbons (Fsp3) is 0.750. The van der Waals surface area contributed by atoms with E-state index in [1.54, 1.807) is 7.05 Å². The first kappa shape index (κ1) is 6.49. The van der Waals surface area contributed by atoms with Crippen LogP contribution in [-0.2, 0) is 4.57 Å². The van der Waals surface area contributed by atoms with Crippen LogP contribution in [0.15, 0.2) is 0 Å². The summed E-state index contributed by atoms with van der Waals surface area (Å²) in [6, 6.07) is -0.160. The van der Waals surface area contributed by atoms with Gasteiger partial charge in [-0.1, -0.05) is 0 Å². The molecule has 0 atom stereocenters. The lowest BCUT2D eigenvalue weighted by Crippen LogP contribution is -2.22. The third-order valence-electron chi connectivity index (χ3n) is 1.29. The zero-order chi connectivity index (χ0) is 6.85. The summed E-state index contributed by atoms with van der Waals surface area (Å²) in [5, 5.41) is 0. The highest BCUT2D eigenvalue weighted by atomic mass is 31.1. The lowest BCUT2D eigenvalue weighted by Gasteiger charge is -2.05. The van der Waals surface area contributed by atoms with Crippen molar-refractivity contribution in [3.8, 4) is 0 Å². The highest BCUT2D eigenvalue weighted by molar-refractivity contribution is 7.21. The summed E-state index contributed by atoms with van der Waals surface area (Å²) in [5.74, 6) is 0. The molecular formula is C4H7N2O2P. The second kappa shape index (κ2) is 2.31. The Morgan fingerprint density at radius 1 is 1.56 bits per heavy atom. The van der Waals surface area contributed by atoms with Gasteiger partial charge in [-0.25, -0.2) is 14.0 Å². The van der Waals surface area contributed by atoms with Gasteiger partial charge in [-0.15, -0.1) is 0 Å². The number of carbonyl (C=O) groups excluding carboxylic acids is 1. The Labute approximate surface area is 54.7 Å². The molecule has 0 N–H and O–H groups in total. The van der Waals surface area contributed by atoms with Crippen molar-refractivity contribution >= 4 is 14.6 Å². The van der Waals surface area contributed by atoms with Crippen LogP contribution in [0.5, 0.6) is 0 Å². The van der Waals surface area contributed by atoms with E-state index in [2.05, 4.69) is 0 Å². The number of urea groups is 1. The number of likely N-dealkylation sites (N-methyl/N-ethyl adjacent to an activating group) is 1. The maximum Gasteiger partial charge on any atom is 0.329 e. The third kappa shape index (κ3) is 1.03. The summed E-state index contributed by atoms with van der Waals surface area (Å²) >= 11 is 0. The van der Waals surface area contributed by atoms with E-state index in [-0.39, 0.29) is 14.6 Å².